The number of rotatable bonds is 7. The average Bonchev–Trinajstić information content (AvgIpc) is 2.89. The van der Waals surface area contributed by atoms with Crippen LogP contribution in [-0.4, -0.2) is 12.1 Å². The van der Waals surface area contributed by atoms with E-state index in [1.807, 2.05) is 54.6 Å². The van der Waals surface area contributed by atoms with Crippen molar-refractivity contribution in [2.75, 3.05) is 0 Å². The number of hydrogen-bond acceptors (Lipinski definition) is 4. The number of carbonyl (C=O) groups excluding carboxylic acids is 1. The van der Waals surface area contributed by atoms with E-state index in [1.54, 1.807) is 36.4 Å². The highest BCUT2D eigenvalue weighted by molar-refractivity contribution is 5.94. The molecule has 0 saturated heterocycles. The maximum atomic E-state index is 12.3. The van der Waals surface area contributed by atoms with Crippen molar-refractivity contribution in [2.45, 2.75) is 6.61 Å². The Labute approximate surface area is 192 Å². The Morgan fingerprint density at radius 2 is 1.58 bits per heavy atom. The molecular formula is C28H21N3O2. The minimum atomic E-state index is -0.304. The Balaban J connectivity index is 1.35. The van der Waals surface area contributed by atoms with Crippen LogP contribution in [-0.2, 0) is 6.61 Å². The molecule has 0 saturated carbocycles. The van der Waals surface area contributed by atoms with Gasteiger partial charge < -0.3 is 4.74 Å². The van der Waals surface area contributed by atoms with Gasteiger partial charge in [-0.15, -0.1) is 0 Å². The second-order valence-electron chi connectivity index (χ2n) is 7.28. The zero-order chi connectivity index (χ0) is 22.9. The van der Waals surface area contributed by atoms with Crippen molar-refractivity contribution in [2.24, 2.45) is 5.10 Å². The van der Waals surface area contributed by atoms with Crippen LogP contribution in [0.2, 0.25) is 0 Å². The number of hydrogen-bond donors (Lipinski definition) is 1. The maximum Gasteiger partial charge on any atom is 0.271 e. The van der Waals surface area contributed by atoms with Crippen molar-refractivity contribution in [1.29, 1.82) is 5.26 Å². The van der Waals surface area contributed by atoms with E-state index in [-0.39, 0.29) is 5.91 Å². The lowest BCUT2D eigenvalue weighted by Gasteiger charge is -2.12. The number of nitrogens with zero attached hydrogens (tertiary/aromatic N) is 2. The third kappa shape index (κ3) is 5.72. The number of carbonyl (C=O) groups is 1. The van der Waals surface area contributed by atoms with Crippen LogP contribution < -0.4 is 10.2 Å². The number of nitriles is 1. The summed E-state index contributed by atoms with van der Waals surface area (Å²) in [6, 6.07) is 34.2. The molecule has 0 aromatic heterocycles. The summed E-state index contributed by atoms with van der Waals surface area (Å²) in [6.45, 7) is 0.391. The second kappa shape index (κ2) is 10.6. The molecule has 33 heavy (non-hydrogen) atoms. The number of benzene rings is 4. The number of amides is 1. The van der Waals surface area contributed by atoms with Gasteiger partial charge in [0, 0.05) is 11.1 Å². The first-order valence-corrected chi connectivity index (χ1v) is 10.4. The minimum absolute atomic E-state index is 0.304. The van der Waals surface area contributed by atoms with Crippen molar-refractivity contribution in [3.8, 4) is 22.9 Å². The summed E-state index contributed by atoms with van der Waals surface area (Å²) in [7, 11) is 0. The van der Waals surface area contributed by atoms with Crippen LogP contribution in [0.3, 0.4) is 0 Å². The van der Waals surface area contributed by atoms with Gasteiger partial charge in [0.05, 0.1) is 17.8 Å². The topological polar surface area (TPSA) is 74.5 Å². The molecule has 0 spiro atoms. The molecule has 0 bridgehead atoms. The van der Waals surface area contributed by atoms with Crippen molar-refractivity contribution < 1.29 is 9.53 Å². The van der Waals surface area contributed by atoms with Crippen LogP contribution in [0.5, 0.6) is 5.75 Å². The molecule has 0 atom stereocenters. The molecule has 5 nitrogen and oxygen atoms in total. The molecule has 0 aliphatic rings. The predicted molar refractivity (Wildman–Crippen MR) is 129 cm³/mol. The van der Waals surface area contributed by atoms with Gasteiger partial charge in [-0.2, -0.15) is 10.4 Å². The van der Waals surface area contributed by atoms with Gasteiger partial charge in [-0.3, -0.25) is 4.79 Å². The van der Waals surface area contributed by atoms with Crippen molar-refractivity contribution in [1.82, 2.24) is 5.43 Å². The molecule has 160 valence electrons. The molecule has 1 N–H and O–H groups in total. The summed E-state index contributed by atoms with van der Waals surface area (Å²) in [4.78, 5) is 12.3. The largest absolute Gasteiger partial charge is 0.488 e. The molecular weight excluding hydrogens is 410 g/mol. The molecule has 0 aliphatic carbocycles. The Morgan fingerprint density at radius 3 is 2.30 bits per heavy atom. The van der Waals surface area contributed by atoms with Gasteiger partial charge >= 0.3 is 0 Å². The molecule has 4 aromatic carbocycles. The average molecular weight is 431 g/mol. The highest BCUT2D eigenvalue weighted by atomic mass is 16.5. The van der Waals surface area contributed by atoms with Crippen molar-refractivity contribution in [3.63, 3.8) is 0 Å². The van der Waals surface area contributed by atoms with E-state index in [0.717, 1.165) is 28.0 Å². The Kier molecular flexibility index (Phi) is 6.89. The minimum Gasteiger partial charge on any atom is -0.488 e. The second-order valence-corrected chi connectivity index (χ2v) is 7.28. The first-order valence-electron chi connectivity index (χ1n) is 10.4. The quantitative estimate of drug-likeness (QED) is 0.307. The number of hydrazone groups is 1. The van der Waals surface area contributed by atoms with Crippen LogP contribution >= 0.6 is 0 Å². The zero-order valence-corrected chi connectivity index (χ0v) is 17.8. The summed E-state index contributed by atoms with van der Waals surface area (Å²) >= 11 is 0. The van der Waals surface area contributed by atoms with Gasteiger partial charge in [-0.05, 0) is 47.0 Å². The van der Waals surface area contributed by atoms with E-state index in [0.29, 0.717) is 17.7 Å². The Bertz CT molecular complexity index is 1290. The fourth-order valence-electron chi connectivity index (χ4n) is 3.24. The van der Waals surface area contributed by atoms with Crippen LogP contribution in [0.25, 0.3) is 11.1 Å². The highest BCUT2D eigenvalue weighted by Gasteiger charge is 2.07. The molecule has 0 unspecified atom stereocenters. The molecule has 0 radical (unpaired) electrons. The first-order chi connectivity index (χ1) is 16.2. The molecule has 5 heteroatoms. The highest BCUT2D eigenvalue weighted by Crippen LogP contribution is 2.30. The van der Waals surface area contributed by atoms with Gasteiger partial charge in [0.15, 0.2) is 0 Å². The molecule has 4 aromatic rings. The van der Waals surface area contributed by atoms with E-state index in [2.05, 4.69) is 28.7 Å². The fourth-order valence-corrected chi connectivity index (χ4v) is 3.24. The lowest BCUT2D eigenvalue weighted by atomic mass is 10.0. The van der Waals surface area contributed by atoms with E-state index >= 15 is 0 Å². The smallest absolute Gasteiger partial charge is 0.271 e. The van der Waals surface area contributed by atoms with Crippen molar-refractivity contribution in [3.05, 3.63) is 125 Å². The van der Waals surface area contributed by atoms with E-state index in [9.17, 15) is 4.79 Å². The van der Waals surface area contributed by atoms with Crippen LogP contribution in [0.4, 0.5) is 0 Å². The van der Waals surface area contributed by atoms with E-state index in [1.165, 1.54) is 6.21 Å². The van der Waals surface area contributed by atoms with Gasteiger partial charge in [-0.1, -0.05) is 72.8 Å². The Hall–Kier alpha value is -4.69. The van der Waals surface area contributed by atoms with Crippen LogP contribution in [0.15, 0.2) is 108 Å². The molecule has 0 aliphatic heterocycles. The zero-order valence-electron chi connectivity index (χ0n) is 17.8. The van der Waals surface area contributed by atoms with Gasteiger partial charge in [0.2, 0.25) is 0 Å². The maximum absolute atomic E-state index is 12.3. The van der Waals surface area contributed by atoms with Crippen molar-refractivity contribution >= 4 is 12.1 Å². The van der Waals surface area contributed by atoms with Gasteiger partial charge in [-0.25, -0.2) is 5.43 Å². The third-order valence-electron chi connectivity index (χ3n) is 5.00. The predicted octanol–water partition coefficient (Wildman–Crippen LogP) is 5.57. The normalized spacial score (nSPS) is 10.5. The monoisotopic (exact) mass is 431 g/mol. The van der Waals surface area contributed by atoms with E-state index in [4.69, 9.17) is 10.00 Å². The number of ether oxygens (including phenoxy) is 1. The molecule has 1 amide bonds. The summed E-state index contributed by atoms with van der Waals surface area (Å²) in [5.41, 5.74) is 7.47. The fraction of sp³-hybridized carbons (Fsp3) is 0.0357. The third-order valence-corrected chi connectivity index (χ3v) is 5.00. The standard InChI is InChI=1S/C28H21N3O2/c29-18-21-10-12-22(13-11-21)19-30-31-28(32)25-16-14-23(15-17-25)20-33-27-9-5-4-8-26(27)24-6-2-1-3-7-24/h1-17,19H,20H2,(H,31,32). The summed E-state index contributed by atoms with van der Waals surface area (Å²) in [5.74, 6) is 0.504. The summed E-state index contributed by atoms with van der Waals surface area (Å²) in [5, 5.41) is 12.8. The van der Waals surface area contributed by atoms with Gasteiger partial charge in [0.1, 0.15) is 12.4 Å². The van der Waals surface area contributed by atoms with Crippen LogP contribution in [0.1, 0.15) is 27.0 Å². The van der Waals surface area contributed by atoms with Crippen LogP contribution in [0, 0.1) is 11.3 Å². The first kappa shape index (κ1) is 21.5. The molecule has 0 heterocycles. The van der Waals surface area contributed by atoms with E-state index < -0.39 is 0 Å². The lowest BCUT2D eigenvalue weighted by Crippen LogP contribution is -2.17. The Morgan fingerprint density at radius 1 is 0.879 bits per heavy atom. The number of nitrogens with one attached hydrogen (secondary N) is 1. The SMILES string of the molecule is N#Cc1ccc(C=NNC(=O)c2ccc(COc3ccccc3-c3ccccc3)cc2)cc1. The van der Waals surface area contributed by atoms with Gasteiger partial charge in [0.25, 0.3) is 5.91 Å². The number of para-hydroxylation sites is 1. The molecule has 4 rings (SSSR count). The summed E-state index contributed by atoms with van der Waals surface area (Å²) in [6.07, 6.45) is 1.53. The summed E-state index contributed by atoms with van der Waals surface area (Å²) < 4.78 is 6.06. The molecule has 0 fully saturated rings. The lowest BCUT2D eigenvalue weighted by molar-refractivity contribution is 0.0955.